The number of aromatic nitrogens is 4. The number of nitrogens with zero attached hydrogens (tertiary/aromatic N) is 5. The highest BCUT2D eigenvalue weighted by atomic mass is 19.3. The first-order valence-corrected chi connectivity index (χ1v) is 12.5. The van der Waals surface area contributed by atoms with Gasteiger partial charge in [-0.2, -0.15) is 9.61 Å². The smallest absolute Gasteiger partial charge is 0.415 e. The zero-order valence-corrected chi connectivity index (χ0v) is 21.7. The first-order valence-electron chi connectivity index (χ1n) is 12.5. The van der Waals surface area contributed by atoms with Crippen LogP contribution in [0, 0.1) is 5.92 Å². The number of alkyl halides is 2. The average Bonchev–Trinajstić information content (AvgIpc) is 3.52. The zero-order valence-electron chi connectivity index (χ0n) is 21.7. The number of carbonyl (C=O) groups is 2. The molecule has 1 N–H and O–H groups in total. The summed E-state index contributed by atoms with van der Waals surface area (Å²) in [6.45, 7) is 5.27. The molecule has 3 heterocycles. The second-order valence-electron chi connectivity index (χ2n) is 10.9. The summed E-state index contributed by atoms with van der Waals surface area (Å²) in [5.74, 6) is -2.44. The maximum Gasteiger partial charge on any atom is 0.415 e. The lowest BCUT2D eigenvalue weighted by Gasteiger charge is -2.34. The van der Waals surface area contributed by atoms with Gasteiger partial charge in [0.05, 0.1) is 11.8 Å². The minimum atomic E-state index is -2.71. The van der Waals surface area contributed by atoms with E-state index < -0.39 is 23.5 Å². The molecule has 0 unspecified atom stereocenters. The van der Waals surface area contributed by atoms with Crippen molar-refractivity contribution >= 4 is 34.8 Å². The van der Waals surface area contributed by atoms with Gasteiger partial charge in [0.15, 0.2) is 11.4 Å². The van der Waals surface area contributed by atoms with Crippen molar-refractivity contribution in [2.45, 2.75) is 70.5 Å². The molecule has 10 nitrogen and oxygen atoms in total. The van der Waals surface area contributed by atoms with Crippen molar-refractivity contribution in [2.75, 3.05) is 17.3 Å². The van der Waals surface area contributed by atoms with Crippen LogP contribution in [0.25, 0.3) is 5.65 Å². The minimum absolute atomic E-state index is 0.0322. The van der Waals surface area contributed by atoms with Crippen molar-refractivity contribution in [3.05, 3.63) is 36.2 Å². The van der Waals surface area contributed by atoms with E-state index in [-0.39, 0.29) is 48.2 Å². The molecule has 2 aliphatic rings. The van der Waals surface area contributed by atoms with Crippen LogP contribution in [0.3, 0.4) is 0 Å². The fourth-order valence-corrected chi connectivity index (χ4v) is 4.23. The number of pyridine rings is 1. The molecular formula is C26H30F2N6O4. The lowest BCUT2D eigenvalue weighted by molar-refractivity contribution is -0.109. The van der Waals surface area contributed by atoms with Gasteiger partial charge in [-0.3, -0.25) is 9.69 Å². The highest BCUT2D eigenvalue weighted by Gasteiger charge is 2.46. The number of ketones is 1. The van der Waals surface area contributed by atoms with E-state index in [0.717, 1.165) is 12.8 Å². The monoisotopic (exact) mass is 528 g/mol. The average molecular weight is 529 g/mol. The summed E-state index contributed by atoms with van der Waals surface area (Å²) in [6, 6.07) is 5.13. The Balaban J connectivity index is 1.51. The molecule has 202 valence electrons. The summed E-state index contributed by atoms with van der Waals surface area (Å²) in [5, 5.41) is 7.48. The van der Waals surface area contributed by atoms with Gasteiger partial charge in [0.25, 0.3) is 0 Å². The molecule has 0 aromatic carbocycles. The third-order valence-electron chi connectivity index (χ3n) is 6.25. The number of halogens is 2. The van der Waals surface area contributed by atoms with Gasteiger partial charge in [-0.25, -0.2) is 23.5 Å². The molecule has 12 heteroatoms. The molecule has 0 aliphatic heterocycles. The van der Waals surface area contributed by atoms with Crippen molar-refractivity contribution in [1.29, 1.82) is 0 Å². The molecule has 1 amide bonds. The number of rotatable bonds is 8. The summed E-state index contributed by atoms with van der Waals surface area (Å²) in [4.78, 5) is 36.2. The van der Waals surface area contributed by atoms with Crippen LogP contribution in [-0.4, -0.2) is 56.1 Å². The SMILES string of the molecule is CN(C(=O)OC(C)(C)C)c1cc(Nc2cccnc2OC2CC2)nc2c(C(=O)CC3CC(F)(F)C3)cnn12. The third kappa shape index (κ3) is 5.68. The van der Waals surface area contributed by atoms with E-state index in [1.165, 1.54) is 22.7 Å². The van der Waals surface area contributed by atoms with Gasteiger partial charge in [0.2, 0.25) is 11.8 Å². The van der Waals surface area contributed by atoms with Gasteiger partial charge in [0, 0.05) is 38.6 Å². The lowest BCUT2D eigenvalue weighted by atomic mass is 9.78. The Morgan fingerprint density at radius 1 is 1.26 bits per heavy atom. The third-order valence-corrected chi connectivity index (χ3v) is 6.25. The highest BCUT2D eigenvalue weighted by Crippen LogP contribution is 2.44. The summed E-state index contributed by atoms with van der Waals surface area (Å²) < 4.78 is 39.4. The predicted molar refractivity (Wildman–Crippen MR) is 135 cm³/mol. The van der Waals surface area contributed by atoms with Crippen molar-refractivity contribution in [3.63, 3.8) is 0 Å². The van der Waals surface area contributed by atoms with E-state index >= 15 is 0 Å². The van der Waals surface area contributed by atoms with Crippen LogP contribution in [0.15, 0.2) is 30.6 Å². The van der Waals surface area contributed by atoms with Crippen LogP contribution in [-0.2, 0) is 4.74 Å². The van der Waals surface area contributed by atoms with Gasteiger partial charge in [-0.05, 0) is 51.7 Å². The number of hydrogen-bond donors (Lipinski definition) is 1. The summed E-state index contributed by atoms with van der Waals surface area (Å²) >= 11 is 0. The second-order valence-corrected chi connectivity index (χ2v) is 10.9. The Hall–Kier alpha value is -3.83. The number of Topliss-reactive ketones (excluding diaryl/α,β-unsaturated/α-hetero) is 1. The van der Waals surface area contributed by atoms with Crippen molar-refractivity contribution in [1.82, 2.24) is 19.6 Å². The maximum atomic E-state index is 13.3. The zero-order chi connectivity index (χ0) is 27.2. The molecule has 2 saturated carbocycles. The van der Waals surface area contributed by atoms with E-state index in [9.17, 15) is 18.4 Å². The van der Waals surface area contributed by atoms with Gasteiger partial charge in [-0.1, -0.05) is 0 Å². The van der Waals surface area contributed by atoms with E-state index in [1.54, 1.807) is 45.2 Å². The molecule has 0 bridgehead atoms. The number of amides is 1. The number of ether oxygens (including phenoxy) is 2. The van der Waals surface area contributed by atoms with Crippen molar-refractivity contribution in [3.8, 4) is 5.88 Å². The predicted octanol–water partition coefficient (Wildman–Crippen LogP) is 5.40. The molecule has 2 fully saturated rings. The molecule has 0 atom stereocenters. The van der Waals surface area contributed by atoms with Crippen LogP contribution in [0.5, 0.6) is 5.88 Å². The number of anilines is 3. The second kappa shape index (κ2) is 9.48. The van der Waals surface area contributed by atoms with Gasteiger partial charge < -0.3 is 14.8 Å². The van der Waals surface area contributed by atoms with Crippen molar-refractivity contribution < 1.29 is 27.8 Å². The number of carbonyl (C=O) groups excluding carboxylic acids is 2. The fraction of sp³-hybridized carbons (Fsp3) is 0.500. The Morgan fingerprint density at radius 2 is 2.00 bits per heavy atom. The number of nitrogens with one attached hydrogen (secondary N) is 1. The Morgan fingerprint density at radius 3 is 2.66 bits per heavy atom. The van der Waals surface area contributed by atoms with Crippen molar-refractivity contribution in [2.24, 2.45) is 5.92 Å². The lowest BCUT2D eigenvalue weighted by Crippen LogP contribution is -2.36. The van der Waals surface area contributed by atoms with Gasteiger partial charge >= 0.3 is 6.09 Å². The largest absolute Gasteiger partial charge is 0.473 e. The van der Waals surface area contributed by atoms with Crippen LogP contribution in [0.1, 0.15) is 63.2 Å². The Labute approximate surface area is 218 Å². The number of hydrogen-bond acceptors (Lipinski definition) is 8. The van der Waals surface area contributed by atoms with E-state index in [0.29, 0.717) is 17.4 Å². The molecule has 0 saturated heterocycles. The van der Waals surface area contributed by atoms with E-state index in [2.05, 4.69) is 20.4 Å². The standard InChI is InChI=1S/C26H30F2N6O4/c1-25(2,3)38-24(36)33(4)21-11-20(31-18-6-5-9-29-23(18)37-16-7-8-16)32-22-17(14-30-34(21)22)19(35)10-15-12-26(27,28)13-15/h5-6,9,11,14-16H,7-8,10,12-13H2,1-4H3,(H,31,32). The highest BCUT2D eigenvalue weighted by molar-refractivity contribution is 6.02. The molecule has 0 spiro atoms. The summed E-state index contributed by atoms with van der Waals surface area (Å²) in [6.07, 6.45) is 3.73. The van der Waals surface area contributed by atoms with Crippen LogP contribution in [0.2, 0.25) is 0 Å². The minimum Gasteiger partial charge on any atom is -0.473 e. The molecule has 38 heavy (non-hydrogen) atoms. The van der Waals surface area contributed by atoms with Gasteiger partial charge in [0.1, 0.15) is 29.0 Å². The van der Waals surface area contributed by atoms with E-state index in [4.69, 9.17) is 9.47 Å². The normalized spacial score (nSPS) is 17.1. The molecule has 3 aromatic rings. The quantitative estimate of drug-likeness (QED) is 0.387. The Kier molecular flexibility index (Phi) is 6.44. The molecular weight excluding hydrogens is 498 g/mol. The first kappa shape index (κ1) is 25.8. The Bertz CT molecular complexity index is 1370. The maximum absolute atomic E-state index is 13.3. The van der Waals surface area contributed by atoms with Gasteiger partial charge in [-0.15, -0.1) is 0 Å². The van der Waals surface area contributed by atoms with E-state index in [1.807, 2.05) is 0 Å². The number of fused-ring (bicyclic) bond motifs is 1. The molecule has 5 rings (SSSR count). The summed E-state index contributed by atoms with van der Waals surface area (Å²) in [7, 11) is 1.53. The van der Waals surface area contributed by atoms with Crippen LogP contribution < -0.4 is 15.0 Å². The molecule has 0 radical (unpaired) electrons. The van der Waals surface area contributed by atoms with Crippen LogP contribution in [0.4, 0.5) is 30.9 Å². The van der Waals surface area contributed by atoms with Crippen LogP contribution >= 0.6 is 0 Å². The topological polar surface area (TPSA) is 111 Å². The molecule has 3 aromatic heterocycles. The summed E-state index contributed by atoms with van der Waals surface area (Å²) in [5.41, 5.74) is 0.193. The molecule has 2 aliphatic carbocycles. The first-order chi connectivity index (χ1) is 17.9. The fourth-order valence-electron chi connectivity index (χ4n) is 4.23.